The van der Waals surface area contributed by atoms with Crippen molar-refractivity contribution >= 4 is 0 Å². The molecule has 0 spiro atoms. The van der Waals surface area contributed by atoms with Crippen LogP contribution in [0.1, 0.15) is 33.3 Å². The third-order valence-corrected chi connectivity index (χ3v) is 5.45. The molecule has 1 aliphatic heterocycles. The lowest BCUT2D eigenvalue weighted by molar-refractivity contribution is 0.155. The van der Waals surface area contributed by atoms with Crippen molar-refractivity contribution in [3.05, 3.63) is 42.0 Å². The van der Waals surface area contributed by atoms with E-state index in [2.05, 4.69) is 39.8 Å². The van der Waals surface area contributed by atoms with Gasteiger partial charge in [0.2, 0.25) is 0 Å². The molecule has 0 aromatic heterocycles. The van der Waals surface area contributed by atoms with Crippen LogP contribution in [-0.2, 0) is 5.41 Å². The molecule has 1 atom stereocenters. The third-order valence-electron chi connectivity index (χ3n) is 5.45. The Hall–Kier alpha value is -2.16. The maximum Gasteiger partial charge on any atom is 0.130 e. The highest BCUT2D eigenvalue weighted by molar-refractivity contribution is 5.82. The lowest BCUT2D eigenvalue weighted by Crippen LogP contribution is -2.39. The SMILES string of the molecule is COc1cccc(OC)c1-c1cccc2c1[C@](C)(C(C)(C)C)CO2. The molecule has 0 aliphatic carbocycles. The molecule has 0 fully saturated rings. The van der Waals surface area contributed by atoms with E-state index < -0.39 is 0 Å². The molecule has 0 saturated heterocycles. The second-order valence-electron chi connectivity index (χ2n) is 7.59. The van der Waals surface area contributed by atoms with E-state index in [0.29, 0.717) is 6.61 Å². The second-order valence-corrected chi connectivity index (χ2v) is 7.59. The van der Waals surface area contributed by atoms with Crippen molar-refractivity contribution in [2.45, 2.75) is 33.1 Å². The molecule has 128 valence electrons. The average molecular weight is 326 g/mol. The van der Waals surface area contributed by atoms with Gasteiger partial charge in [-0.05, 0) is 29.2 Å². The van der Waals surface area contributed by atoms with E-state index in [0.717, 1.165) is 28.4 Å². The summed E-state index contributed by atoms with van der Waals surface area (Å²) in [6.07, 6.45) is 0. The molecule has 1 heterocycles. The highest BCUT2D eigenvalue weighted by Crippen LogP contribution is 2.54. The van der Waals surface area contributed by atoms with Gasteiger partial charge < -0.3 is 14.2 Å². The molecule has 0 N–H and O–H groups in total. The molecule has 3 heteroatoms. The molecular weight excluding hydrogens is 300 g/mol. The van der Waals surface area contributed by atoms with Crippen molar-refractivity contribution in [2.24, 2.45) is 5.41 Å². The number of hydrogen-bond donors (Lipinski definition) is 0. The number of fused-ring (bicyclic) bond motifs is 1. The summed E-state index contributed by atoms with van der Waals surface area (Å²) in [5, 5.41) is 0. The number of hydrogen-bond acceptors (Lipinski definition) is 3. The topological polar surface area (TPSA) is 27.7 Å². The van der Waals surface area contributed by atoms with Gasteiger partial charge in [0, 0.05) is 11.0 Å². The highest BCUT2D eigenvalue weighted by Gasteiger charge is 2.47. The Bertz CT molecular complexity index is 736. The van der Waals surface area contributed by atoms with Crippen LogP contribution in [0.5, 0.6) is 17.2 Å². The summed E-state index contributed by atoms with van der Waals surface area (Å²) < 4.78 is 17.3. The molecule has 2 aromatic carbocycles. The van der Waals surface area contributed by atoms with Gasteiger partial charge in [-0.1, -0.05) is 45.9 Å². The zero-order valence-electron chi connectivity index (χ0n) is 15.4. The van der Waals surface area contributed by atoms with Crippen molar-refractivity contribution in [3.8, 4) is 28.4 Å². The minimum atomic E-state index is -0.0925. The Kier molecular flexibility index (Phi) is 3.98. The van der Waals surface area contributed by atoms with E-state index >= 15 is 0 Å². The molecule has 2 aromatic rings. The van der Waals surface area contributed by atoms with Crippen molar-refractivity contribution in [1.82, 2.24) is 0 Å². The molecule has 0 bridgehead atoms. The largest absolute Gasteiger partial charge is 0.496 e. The lowest BCUT2D eigenvalue weighted by atomic mass is 9.63. The van der Waals surface area contributed by atoms with Crippen molar-refractivity contribution < 1.29 is 14.2 Å². The predicted octanol–water partition coefficient (Wildman–Crippen LogP) is 5.07. The van der Waals surface area contributed by atoms with Crippen LogP contribution < -0.4 is 14.2 Å². The van der Waals surface area contributed by atoms with Crippen molar-refractivity contribution in [1.29, 1.82) is 0 Å². The van der Waals surface area contributed by atoms with Gasteiger partial charge in [-0.15, -0.1) is 0 Å². The average Bonchev–Trinajstić information content (AvgIpc) is 2.92. The lowest BCUT2D eigenvalue weighted by Gasteiger charge is -2.38. The van der Waals surface area contributed by atoms with Gasteiger partial charge in [0.05, 0.1) is 26.4 Å². The smallest absolute Gasteiger partial charge is 0.130 e. The second kappa shape index (κ2) is 5.73. The van der Waals surface area contributed by atoms with Crippen molar-refractivity contribution in [2.75, 3.05) is 20.8 Å². The minimum absolute atomic E-state index is 0.0591. The minimum Gasteiger partial charge on any atom is -0.496 e. The zero-order chi connectivity index (χ0) is 17.5. The first-order valence-electron chi connectivity index (χ1n) is 8.31. The summed E-state index contributed by atoms with van der Waals surface area (Å²) in [6.45, 7) is 9.76. The van der Waals surface area contributed by atoms with Gasteiger partial charge in [0.25, 0.3) is 0 Å². The van der Waals surface area contributed by atoms with Crippen LogP contribution in [-0.4, -0.2) is 20.8 Å². The summed E-state index contributed by atoms with van der Waals surface area (Å²) >= 11 is 0. The summed E-state index contributed by atoms with van der Waals surface area (Å²) in [5.41, 5.74) is 3.31. The monoisotopic (exact) mass is 326 g/mol. The number of benzene rings is 2. The van der Waals surface area contributed by atoms with E-state index in [1.54, 1.807) is 14.2 Å². The highest BCUT2D eigenvalue weighted by atomic mass is 16.5. The van der Waals surface area contributed by atoms with E-state index in [4.69, 9.17) is 14.2 Å². The van der Waals surface area contributed by atoms with Crippen LogP contribution in [0.25, 0.3) is 11.1 Å². The fraction of sp³-hybridized carbons (Fsp3) is 0.429. The number of ether oxygens (including phenoxy) is 3. The van der Waals surface area contributed by atoms with Crippen LogP contribution in [0.2, 0.25) is 0 Å². The van der Waals surface area contributed by atoms with Gasteiger partial charge in [-0.3, -0.25) is 0 Å². The summed E-state index contributed by atoms with van der Waals surface area (Å²) in [6, 6.07) is 12.1. The first-order chi connectivity index (χ1) is 11.3. The Morgan fingerprint density at radius 1 is 0.958 bits per heavy atom. The first-order valence-corrected chi connectivity index (χ1v) is 8.31. The van der Waals surface area contributed by atoms with E-state index in [1.165, 1.54) is 5.56 Å². The van der Waals surface area contributed by atoms with Crippen LogP contribution in [0, 0.1) is 5.41 Å². The zero-order valence-corrected chi connectivity index (χ0v) is 15.4. The molecule has 0 unspecified atom stereocenters. The fourth-order valence-electron chi connectivity index (χ4n) is 3.43. The van der Waals surface area contributed by atoms with Crippen LogP contribution in [0.15, 0.2) is 36.4 Å². The van der Waals surface area contributed by atoms with Gasteiger partial charge >= 0.3 is 0 Å². The maximum absolute atomic E-state index is 6.07. The van der Waals surface area contributed by atoms with Gasteiger partial charge in [-0.25, -0.2) is 0 Å². The van der Waals surface area contributed by atoms with E-state index in [9.17, 15) is 0 Å². The molecule has 0 amide bonds. The molecule has 0 saturated carbocycles. The quantitative estimate of drug-likeness (QED) is 0.788. The molecule has 1 aliphatic rings. The van der Waals surface area contributed by atoms with Gasteiger partial charge in [0.1, 0.15) is 17.2 Å². The molecule has 3 rings (SSSR count). The number of methoxy groups -OCH3 is 2. The molecule has 3 nitrogen and oxygen atoms in total. The summed E-state index contributed by atoms with van der Waals surface area (Å²) in [7, 11) is 3.39. The molecular formula is C21H26O3. The van der Waals surface area contributed by atoms with Gasteiger partial charge in [-0.2, -0.15) is 0 Å². The molecule has 24 heavy (non-hydrogen) atoms. The van der Waals surface area contributed by atoms with Gasteiger partial charge in [0.15, 0.2) is 0 Å². The Balaban J connectivity index is 2.33. The Labute approximate surface area is 144 Å². The van der Waals surface area contributed by atoms with Crippen LogP contribution in [0.3, 0.4) is 0 Å². The molecule has 0 radical (unpaired) electrons. The fourth-order valence-corrected chi connectivity index (χ4v) is 3.43. The Morgan fingerprint density at radius 2 is 1.54 bits per heavy atom. The maximum atomic E-state index is 6.07. The Morgan fingerprint density at radius 3 is 2.08 bits per heavy atom. The normalized spacial score (nSPS) is 19.6. The van der Waals surface area contributed by atoms with E-state index in [-0.39, 0.29) is 10.8 Å². The first kappa shape index (κ1) is 16.7. The summed E-state index contributed by atoms with van der Waals surface area (Å²) in [5.74, 6) is 2.58. The predicted molar refractivity (Wildman–Crippen MR) is 97.3 cm³/mol. The van der Waals surface area contributed by atoms with Crippen molar-refractivity contribution in [3.63, 3.8) is 0 Å². The number of rotatable bonds is 3. The van der Waals surface area contributed by atoms with Crippen LogP contribution >= 0.6 is 0 Å². The van der Waals surface area contributed by atoms with E-state index in [1.807, 2.05) is 24.3 Å². The standard InChI is InChI=1S/C21H26O3/c1-20(2,3)21(4)13-24-17-12-7-9-14(19(17)21)18-15(22-5)10-8-11-16(18)23-6/h7-12H,13H2,1-6H3/t21-/m1/s1. The van der Waals surface area contributed by atoms with Crippen LogP contribution in [0.4, 0.5) is 0 Å². The third kappa shape index (κ3) is 2.34. The summed E-state index contributed by atoms with van der Waals surface area (Å²) in [4.78, 5) is 0.